The summed E-state index contributed by atoms with van der Waals surface area (Å²) in [6.07, 6.45) is 0. The zero-order valence-corrected chi connectivity index (χ0v) is 12.5. The Kier molecular flexibility index (Phi) is 4.59. The molecule has 2 heterocycles. The molecule has 110 valence electrons. The van der Waals surface area contributed by atoms with Gasteiger partial charge in [0.05, 0.1) is 5.39 Å². The molecule has 0 saturated carbocycles. The van der Waals surface area contributed by atoms with Gasteiger partial charge in [0.15, 0.2) is 0 Å². The van der Waals surface area contributed by atoms with Crippen LogP contribution in [0.15, 0.2) is 6.07 Å². The van der Waals surface area contributed by atoms with Crippen LogP contribution in [-0.4, -0.2) is 34.8 Å². The second kappa shape index (κ2) is 6.04. The van der Waals surface area contributed by atoms with E-state index in [-0.39, 0.29) is 24.1 Å². The number of halogens is 3. The van der Waals surface area contributed by atoms with E-state index in [9.17, 15) is 13.2 Å². The van der Waals surface area contributed by atoms with Crippen molar-refractivity contribution in [1.29, 1.82) is 0 Å². The second-order valence-corrected chi connectivity index (χ2v) is 6.34. The Morgan fingerprint density at radius 1 is 1.35 bits per heavy atom. The average molecular weight is 322 g/mol. The Balaban J connectivity index is 2.12. The smallest absolute Gasteiger partial charge is 0.369 e. The van der Waals surface area contributed by atoms with Crippen LogP contribution >= 0.6 is 23.1 Å². The predicted molar refractivity (Wildman–Crippen MR) is 78.7 cm³/mol. The van der Waals surface area contributed by atoms with Gasteiger partial charge in [0.25, 0.3) is 0 Å². The van der Waals surface area contributed by atoms with E-state index in [1.54, 1.807) is 7.05 Å². The first-order chi connectivity index (χ1) is 9.39. The fraction of sp³-hybridized carbons (Fsp3) is 0.455. The zero-order chi connectivity index (χ0) is 14.8. The summed E-state index contributed by atoms with van der Waals surface area (Å²) in [6.45, 7) is 2.14. The molecule has 0 atom stereocenters. The largest absolute Gasteiger partial charge is 0.441 e. The number of alkyl halides is 3. The van der Waals surface area contributed by atoms with Gasteiger partial charge in [-0.2, -0.15) is 18.2 Å². The van der Waals surface area contributed by atoms with Crippen LogP contribution in [0.2, 0.25) is 0 Å². The highest BCUT2D eigenvalue weighted by Gasteiger charge is 2.27. The van der Waals surface area contributed by atoms with Gasteiger partial charge in [-0.3, -0.25) is 0 Å². The Morgan fingerprint density at radius 3 is 2.75 bits per heavy atom. The number of rotatable bonds is 5. The first-order valence-electron chi connectivity index (χ1n) is 5.79. The maximum absolute atomic E-state index is 12.1. The summed E-state index contributed by atoms with van der Waals surface area (Å²) in [7, 11) is 1.70. The summed E-state index contributed by atoms with van der Waals surface area (Å²) in [5.41, 5.74) is -4.20. The summed E-state index contributed by atoms with van der Waals surface area (Å²) in [6, 6.07) is 1.93. The fourth-order valence-electron chi connectivity index (χ4n) is 1.62. The van der Waals surface area contributed by atoms with E-state index < -0.39 is 5.51 Å². The van der Waals surface area contributed by atoms with Gasteiger partial charge in [0.1, 0.15) is 10.6 Å². The van der Waals surface area contributed by atoms with E-state index >= 15 is 0 Å². The van der Waals surface area contributed by atoms with Gasteiger partial charge in [-0.25, -0.2) is 4.98 Å². The summed E-state index contributed by atoms with van der Waals surface area (Å²) < 4.78 is 36.2. The molecule has 0 radical (unpaired) electrons. The quantitative estimate of drug-likeness (QED) is 0.822. The Bertz CT molecular complexity index is 597. The zero-order valence-electron chi connectivity index (χ0n) is 10.8. The molecule has 0 aliphatic heterocycles. The number of anilines is 2. The number of hydrogen-bond donors (Lipinski definition) is 2. The van der Waals surface area contributed by atoms with Crippen LogP contribution in [-0.2, 0) is 0 Å². The van der Waals surface area contributed by atoms with Gasteiger partial charge in [0.2, 0.25) is 5.95 Å². The predicted octanol–water partition coefficient (Wildman–Crippen LogP) is 3.71. The molecule has 0 amide bonds. The lowest BCUT2D eigenvalue weighted by atomic mass is 10.3. The van der Waals surface area contributed by atoms with Crippen LogP contribution in [0, 0.1) is 6.92 Å². The Labute approximate surface area is 122 Å². The van der Waals surface area contributed by atoms with Gasteiger partial charge in [-0.15, -0.1) is 11.3 Å². The van der Waals surface area contributed by atoms with E-state index in [1.807, 2.05) is 13.0 Å². The molecule has 0 aliphatic carbocycles. The van der Waals surface area contributed by atoms with E-state index in [4.69, 9.17) is 0 Å². The number of fused-ring (bicyclic) bond motifs is 1. The van der Waals surface area contributed by atoms with Crippen LogP contribution in [0.3, 0.4) is 0 Å². The number of thioether (sulfide) groups is 1. The van der Waals surface area contributed by atoms with Crippen LogP contribution in [0.1, 0.15) is 4.88 Å². The van der Waals surface area contributed by atoms with Crippen LogP contribution in [0.25, 0.3) is 10.2 Å². The van der Waals surface area contributed by atoms with Crippen molar-refractivity contribution in [3.05, 3.63) is 10.9 Å². The van der Waals surface area contributed by atoms with Gasteiger partial charge < -0.3 is 10.6 Å². The van der Waals surface area contributed by atoms with Crippen molar-refractivity contribution in [3.8, 4) is 0 Å². The minimum absolute atomic E-state index is 0.0456. The van der Waals surface area contributed by atoms with Crippen molar-refractivity contribution in [2.24, 2.45) is 0 Å². The van der Waals surface area contributed by atoms with Crippen molar-refractivity contribution < 1.29 is 13.2 Å². The molecule has 2 aromatic heterocycles. The third kappa shape index (κ3) is 3.89. The first kappa shape index (κ1) is 15.2. The highest BCUT2D eigenvalue weighted by atomic mass is 32.2. The normalized spacial score (nSPS) is 11.8. The maximum Gasteiger partial charge on any atom is 0.441 e. The number of nitrogens with one attached hydrogen (secondary N) is 2. The number of hydrogen-bond acceptors (Lipinski definition) is 6. The molecule has 0 aliphatic rings. The van der Waals surface area contributed by atoms with Gasteiger partial charge >= 0.3 is 5.51 Å². The van der Waals surface area contributed by atoms with Crippen molar-refractivity contribution in [2.45, 2.75) is 12.4 Å². The number of aryl methyl sites for hydroxylation is 1. The SMILES string of the molecule is CNc1nc(NCCSC(F)(F)F)c2cc(C)sc2n1. The molecule has 20 heavy (non-hydrogen) atoms. The van der Waals surface area contributed by atoms with Gasteiger partial charge in [-0.1, -0.05) is 0 Å². The topological polar surface area (TPSA) is 49.8 Å². The Hall–Kier alpha value is -1.22. The lowest BCUT2D eigenvalue weighted by Gasteiger charge is -2.09. The number of aromatic nitrogens is 2. The van der Waals surface area contributed by atoms with Crippen molar-refractivity contribution in [1.82, 2.24) is 9.97 Å². The first-order valence-corrected chi connectivity index (χ1v) is 7.60. The molecule has 0 bridgehead atoms. The molecule has 0 aromatic carbocycles. The molecule has 4 nitrogen and oxygen atoms in total. The minimum Gasteiger partial charge on any atom is -0.369 e. The molecule has 9 heteroatoms. The molecule has 0 fully saturated rings. The second-order valence-electron chi connectivity index (χ2n) is 3.94. The van der Waals surface area contributed by atoms with Crippen LogP contribution in [0.5, 0.6) is 0 Å². The third-order valence-electron chi connectivity index (χ3n) is 2.40. The van der Waals surface area contributed by atoms with Gasteiger partial charge in [0, 0.05) is 24.2 Å². The summed E-state index contributed by atoms with van der Waals surface area (Å²) in [4.78, 5) is 10.5. The van der Waals surface area contributed by atoms with Crippen molar-refractivity contribution in [2.75, 3.05) is 30.0 Å². The van der Waals surface area contributed by atoms with E-state index in [0.29, 0.717) is 11.8 Å². The minimum atomic E-state index is -4.20. The molecule has 0 saturated heterocycles. The highest BCUT2D eigenvalue weighted by molar-refractivity contribution is 8.00. The van der Waals surface area contributed by atoms with E-state index in [1.165, 1.54) is 11.3 Å². The molecular formula is C11H13F3N4S2. The molecule has 2 N–H and O–H groups in total. The molecule has 0 spiro atoms. The van der Waals surface area contributed by atoms with Gasteiger partial charge in [-0.05, 0) is 24.8 Å². The fourth-order valence-corrected chi connectivity index (χ4v) is 2.94. The Morgan fingerprint density at radius 2 is 2.10 bits per heavy atom. The van der Waals surface area contributed by atoms with Crippen LogP contribution < -0.4 is 10.6 Å². The van der Waals surface area contributed by atoms with Crippen LogP contribution in [0.4, 0.5) is 24.9 Å². The third-order valence-corrected chi connectivity index (χ3v) is 4.08. The standard InChI is InChI=1S/C11H13F3N4S2/c1-6-5-7-8(16-3-4-19-11(12,13)14)17-10(15-2)18-9(7)20-6/h5H,3-4H2,1-2H3,(H2,15,16,17,18). The molecule has 0 unspecified atom stereocenters. The average Bonchev–Trinajstić information content (AvgIpc) is 2.73. The molecule has 2 rings (SSSR count). The molecule has 2 aromatic rings. The summed E-state index contributed by atoms with van der Waals surface area (Å²) in [5.74, 6) is 0.948. The maximum atomic E-state index is 12.1. The van der Waals surface area contributed by atoms with E-state index in [0.717, 1.165) is 15.1 Å². The number of nitrogens with zero attached hydrogens (tertiary/aromatic N) is 2. The lowest BCUT2D eigenvalue weighted by Crippen LogP contribution is -2.11. The molecular weight excluding hydrogens is 309 g/mol. The highest BCUT2D eigenvalue weighted by Crippen LogP contribution is 2.31. The van der Waals surface area contributed by atoms with Crippen molar-refractivity contribution in [3.63, 3.8) is 0 Å². The monoisotopic (exact) mass is 322 g/mol. The summed E-state index contributed by atoms with van der Waals surface area (Å²) >= 11 is 1.48. The van der Waals surface area contributed by atoms with Crippen molar-refractivity contribution >= 4 is 45.1 Å². The lowest BCUT2D eigenvalue weighted by molar-refractivity contribution is -0.0327. The van der Waals surface area contributed by atoms with E-state index in [2.05, 4.69) is 20.6 Å². The number of thiophene rings is 1. The summed E-state index contributed by atoms with van der Waals surface area (Å²) in [5, 5.41) is 6.62.